The Bertz CT molecular complexity index is 549. The molecule has 2 aromatic rings. The second-order valence-electron chi connectivity index (χ2n) is 5.43. The standard InChI is InChI=1S/C9H10O.C9H10/c10-9-5-4-7-2-1-3-8(7)6-9;1-2-5-9-7-3-6-8(9)4-1/h4-6,10H,1-3H2;1-2,4-5H,3,6-7H2. The highest BCUT2D eigenvalue weighted by Crippen LogP contribution is 2.24. The molecule has 2 aliphatic carbocycles. The van der Waals surface area contributed by atoms with Crippen molar-refractivity contribution in [2.24, 2.45) is 0 Å². The molecule has 0 radical (unpaired) electrons. The number of phenols is 1. The molecule has 4 rings (SSSR count). The summed E-state index contributed by atoms with van der Waals surface area (Å²) in [5.74, 6) is 0.403. The van der Waals surface area contributed by atoms with E-state index in [1.165, 1.54) is 43.2 Å². The van der Waals surface area contributed by atoms with Gasteiger partial charge in [-0.15, -0.1) is 0 Å². The molecule has 0 aromatic heterocycles. The van der Waals surface area contributed by atoms with Gasteiger partial charge in [-0.25, -0.2) is 0 Å². The summed E-state index contributed by atoms with van der Waals surface area (Å²) in [6.07, 6.45) is 7.55. The molecule has 0 amide bonds. The molecule has 0 aliphatic heterocycles. The predicted molar refractivity (Wildman–Crippen MR) is 78.6 cm³/mol. The number of rotatable bonds is 0. The Morgan fingerprint density at radius 3 is 1.79 bits per heavy atom. The minimum atomic E-state index is 0.403. The van der Waals surface area contributed by atoms with Crippen molar-refractivity contribution in [2.45, 2.75) is 38.5 Å². The summed E-state index contributed by atoms with van der Waals surface area (Å²) >= 11 is 0. The lowest BCUT2D eigenvalue weighted by molar-refractivity contribution is 0.474. The SMILES string of the molecule is Oc1ccc2c(c1)CCC2.c1ccc2c(c1)CCC2. The van der Waals surface area contributed by atoms with Crippen LogP contribution in [0.25, 0.3) is 0 Å². The van der Waals surface area contributed by atoms with E-state index in [1.54, 1.807) is 17.2 Å². The fraction of sp³-hybridized carbons (Fsp3) is 0.333. The molecule has 2 aliphatic rings. The molecule has 0 spiro atoms. The van der Waals surface area contributed by atoms with Gasteiger partial charge in [0.05, 0.1) is 0 Å². The van der Waals surface area contributed by atoms with Crippen LogP contribution in [0.1, 0.15) is 35.1 Å². The van der Waals surface area contributed by atoms with Gasteiger partial charge >= 0.3 is 0 Å². The highest BCUT2D eigenvalue weighted by molar-refractivity contribution is 5.37. The smallest absolute Gasteiger partial charge is 0.115 e. The molecule has 0 bridgehead atoms. The van der Waals surface area contributed by atoms with E-state index in [9.17, 15) is 0 Å². The first-order valence-electron chi connectivity index (χ1n) is 7.20. The van der Waals surface area contributed by atoms with Crippen LogP contribution in [0.2, 0.25) is 0 Å². The van der Waals surface area contributed by atoms with Gasteiger partial charge in [-0.3, -0.25) is 0 Å². The minimum absolute atomic E-state index is 0.403. The summed E-state index contributed by atoms with van der Waals surface area (Å²) < 4.78 is 0. The van der Waals surface area contributed by atoms with Crippen molar-refractivity contribution in [3.8, 4) is 5.75 Å². The van der Waals surface area contributed by atoms with Gasteiger partial charge < -0.3 is 5.11 Å². The summed E-state index contributed by atoms with van der Waals surface area (Å²) in [5.41, 5.74) is 5.88. The fourth-order valence-electron chi connectivity index (χ4n) is 3.07. The number of phenolic OH excluding ortho intramolecular Hbond substituents is 1. The van der Waals surface area contributed by atoms with Crippen LogP contribution in [0.15, 0.2) is 42.5 Å². The van der Waals surface area contributed by atoms with Gasteiger partial charge in [0.25, 0.3) is 0 Å². The van der Waals surface area contributed by atoms with Crippen LogP contribution < -0.4 is 0 Å². The third kappa shape index (κ3) is 2.81. The zero-order chi connectivity index (χ0) is 13.1. The maximum Gasteiger partial charge on any atom is 0.115 e. The summed E-state index contributed by atoms with van der Waals surface area (Å²) in [5, 5.41) is 9.10. The molecule has 1 N–H and O–H groups in total. The highest BCUT2D eigenvalue weighted by atomic mass is 16.3. The summed E-state index contributed by atoms with van der Waals surface area (Å²) in [7, 11) is 0. The second kappa shape index (κ2) is 5.48. The van der Waals surface area contributed by atoms with E-state index in [2.05, 4.69) is 24.3 Å². The molecule has 1 nitrogen and oxygen atoms in total. The molecule has 0 heterocycles. The van der Waals surface area contributed by atoms with Crippen LogP contribution in [-0.2, 0) is 25.7 Å². The Morgan fingerprint density at radius 1 is 0.632 bits per heavy atom. The van der Waals surface area contributed by atoms with Crippen molar-refractivity contribution in [1.82, 2.24) is 0 Å². The zero-order valence-corrected chi connectivity index (χ0v) is 11.2. The van der Waals surface area contributed by atoms with Crippen LogP contribution in [-0.4, -0.2) is 5.11 Å². The average molecular weight is 252 g/mol. The zero-order valence-electron chi connectivity index (χ0n) is 11.2. The first-order valence-corrected chi connectivity index (χ1v) is 7.20. The maximum absolute atomic E-state index is 9.10. The van der Waals surface area contributed by atoms with Crippen molar-refractivity contribution in [2.75, 3.05) is 0 Å². The number of hydrogen-bond donors (Lipinski definition) is 1. The van der Waals surface area contributed by atoms with Crippen molar-refractivity contribution < 1.29 is 5.11 Å². The Hall–Kier alpha value is -1.76. The summed E-state index contributed by atoms with van der Waals surface area (Å²) in [4.78, 5) is 0. The monoisotopic (exact) mass is 252 g/mol. The van der Waals surface area contributed by atoms with Crippen LogP contribution in [0, 0.1) is 0 Å². The van der Waals surface area contributed by atoms with Gasteiger partial charge in [0.2, 0.25) is 0 Å². The van der Waals surface area contributed by atoms with Crippen molar-refractivity contribution in [3.05, 3.63) is 64.7 Å². The molecule has 0 saturated heterocycles. The van der Waals surface area contributed by atoms with Crippen molar-refractivity contribution in [3.63, 3.8) is 0 Å². The van der Waals surface area contributed by atoms with Crippen LogP contribution in [0.4, 0.5) is 0 Å². The quantitative estimate of drug-likeness (QED) is 0.749. The van der Waals surface area contributed by atoms with Gasteiger partial charge in [0, 0.05) is 0 Å². The predicted octanol–water partition coefficient (Wildman–Crippen LogP) is 4.06. The maximum atomic E-state index is 9.10. The van der Waals surface area contributed by atoms with Crippen molar-refractivity contribution >= 4 is 0 Å². The van der Waals surface area contributed by atoms with Crippen LogP contribution in [0.5, 0.6) is 5.75 Å². The van der Waals surface area contributed by atoms with Crippen LogP contribution >= 0.6 is 0 Å². The van der Waals surface area contributed by atoms with E-state index < -0.39 is 0 Å². The lowest BCUT2D eigenvalue weighted by Crippen LogP contribution is -1.78. The average Bonchev–Trinajstić information content (AvgIpc) is 3.07. The highest BCUT2D eigenvalue weighted by Gasteiger charge is 2.09. The first kappa shape index (κ1) is 12.3. The van der Waals surface area contributed by atoms with Gasteiger partial charge in [-0.05, 0) is 72.9 Å². The van der Waals surface area contributed by atoms with Gasteiger partial charge in [0.15, 0.2) is 0 Å². The number of fused-ring (bicyclic) bond motifs is 2. The molecule has 0 atom stereocenters. The normalized spacial score (nSPS) is 15.4. The number of aryl methyl sites for hydroxylation is 4. The van der Waals surface area contributed by atoms with E-state index in [-0.39, 0.29) is 0 Å². The number of aromatic hydroxyl groups is 1. The Morgan fingerprint density at radius 2 is 1.16 bits per heavy atom. The summed E-state index contributed by atoms with van der Waals surface area (Å²) in [6, 6.07) is 14.4. The first-order chi connectivity index (χ1) is 9.33. The molecule has 19 heavy (non-hydrogen) atoms. The number of hydrogen-bond acceptors (Lipinski definition) is 1. The molecular weight excluding hydrogens is 232 g/mol. The van der Waals surface area contributed by atoms with Gasteiger partial charge in [0.1, 0.15) is 5.75 Å². The number of benzene rings is 2. The third-order valence-corrected chi connectivity index (χ3v) is 4.09. The Balaban J connectivity index is 0.000000117. The molecule has 0 unspecified atom stereocenters. The fourth-order valence-corrected chi connectivity index (χ4v) is 3.07. The van der Waals surface area contributed by atoms with E-state index in [1.807, 2.05) is 12.1 Å². The van der Waals surface area contributed by atoms with Gasteiger partial charge in [-0.1, -0.05) is 30.3 Å². The topological polar surface area (TPSA) is 20.2 Å². The summed E-state index contributed by atoms with van der Waals surface area (Å²) in [6.45, 7) is 0. The van der Waals surface area contributed by atoms with Crippen LogP contribution in [0.3, 0.4) is 0 Å². The lowest BCUT2D eigenvalue weighted by atomic mass is 10.1. The van der Waals surface area contributed by atoms with E-state index in [0.717, 1.165) is 6.42 Å². The largest absolute Gasteiger partial charge is 0.508 e. The molecule has 1 heteroatoms. The molecular formula is C18H20O. The van der Waals surface area contributed by atoms with Crippen molar-refractivity contribution in [1.29, 1.82) is 0 Å². The van der Waals surface area contributed by atoms with E-state index in [0.29, 0.717) is 5.75 Å². The third-order valence-electron chi connectivity index (χ3n) is 4.09. The Labute approximate surface area is 114 Å². The second-order valence-corrected chi connectivity index (χ2v) is 5.43. The Kier molecular flexibility index (Phi) is 3.54. The van der Waals surface area contributed by atoms with Gasteiger partial charge in [-0.2, -0.15) is 0 Å². The molecule has 0 saturated carbocycles. The molecule has 0 fully saturated rings. The minimum Gasteiger partial charge on any atom is -0.508 e. The molecule has 98 valence electrons. The van der Waals surface area contributed by atoms with E-state index in [4.69, 9.17) is 5.11 Å². The molecule has 2 aromatic carbocycles. The lowest BCUT2D eigenvalue weighted by Gasteiger charge is -1.97. The van der Waals surface area contributed by atoms with E-state index >= 15 is 0 Å².